The van der Waals surface area contributed by atoms with E-state index in [4.69, 9.17) is 14.6 Å². The number of rotatable bonds is 4. The molecule has 0 bridgehead atoms. The van der Waals surface area contributed by atoms with Gasteiger partial charge in [0.25, 0.3) is 5.56 Å². The van der Waals surface area contributed by atoms with E-state index in [0.717, 1.165) is 6.20 Å². The van der Waals surface area contributed by atoms with Gasteiger partial charge in [-0.3, -0.25) is 4.79 Å². The molecule has 1 aromatic heterocycles. The van der Waals surface area contributed by atoms with Crippen LogP contribution in [0.2, 0.25) is 0 Å². The number of hydrogen-bond acceptors (Lipinski definition) is 5. The SMILES string of the molecule is COc1cc(OC)cc(-c2ncc(C(=O)O)c(=O)[nH]2)c1. The second kappa shape index (κ2) is 5.43. The maximum Gasteiger partial charge on any atom is 0.342 e. The van der Waals surface area contributed by atoms with Crippen LogP contribution in [-0.2, 0) is 0 Å². The van der Waals surface area contributed by atoms with Gasteiger partial charge in [-0.1, -0.05) is 0 Å². The molecule has 0 atom stereocenters. The van der Waals surface area contributed by atoms with Crippen LogP contribution in [0, 0.1) is 0 Å². The summed E-state index contributed by atoms with van der Waals surface area (Å²) < 4.78 is 10.2. The Kier molecular flexibility index (Phi) is 3.69. The molecule has 0 amide bonds. The number of carboxylic acids is 1. The Bertz CT molecular complexity index is 686. The fraction of sp³-hybridized carbons (Fsp3) is 0.154. The third-order valence-corrected chi connectivity index (χ3v) is 2.65. The highest BCUT2D eigenvalue weighted by atomic mass is 16.5. The number of H-pyrrole nitrogens is 1. The van der Waals surface area contributed by atoms with E-state index in [1.165, 1.54) is 14.2 Å². The Morgan fingerprint density at radius 2 is 1.80 bits per heavy atom. The van der Waals surface area contributed by atoms with Gasteiger partial charge < -0.3 is 19.6 Å². The van der Waals surface area contributed by atoms with Crippen molar-refractivity contribution < 1.29 is 19.4 Å². The van der Waals surface area contributed by atoms with Crippen LogP contribution in [0.3, 0.4) is 0 Å². The molecule has 0 radical (unpaired) electrons. The third-order valence-electron chi connectivity index (χ3n) is 2.65. The van der Waals surface area contributed by atoms with E-state index in [0.29, 0.717) is 17.1 Å². The van der Waals surface area contributed by atoms with Gasteiger partial charge in [-0.25, -0.2) is 9.78 Å². The number of aromatic nitrogens is 2. The van der Waals surface area contributed by atoms with Crippen LogP contribution in [0.5, 0.6) is 11.5 Å². The zero-order valence-corrected chi connectivity index (χ0v) is 10.8. The van der Waals surface area contributed by atoms with E-state index >= 15 is 0 Å². The molecule has 20 heavy (non-hydrogen) atoms. The summed E-state index contributed by atoms with van der Waals surface area (Å²) in [6.07, 6.45) is 1.02. The predicted octanol–water partition coefficient (Wildman–Crippen LogP) is 1.15. The van der Waals surface area contributed by atoms with Crippen molar-refractivity contribution in [1.82, 2.24) is 9.97 Å². The molecule has 0 unspecified atom stereocenters. The maximum atomic E-state index is 11.6. The summed E-state index contributed by atoms with van der Waals surface area (Å²) in [4.78, 5) is 28.7. The lowest BCUT2D eigenvalue weighted by Gasteiger charge is -2.08. The Morgan fingerprint density at radius 3 is 2.25 bits per heavy atom. The Labute approximate surface area is 113 Å². The van der Waals surface area contributed by atoms with Crippen LogP contribution in [0.4, 0.5) is 0 Å². The average molecular weight is 276 g/mol. The molecule has 1 aromatic carbocycles. The first-order valence-corrected chi connectivity index (χ1v) is 5.61. The molecule has 0 saturated carbocycles. The molecule has 7 heteroatoms. The van der Waals surface area contributed by atoms with Crippen molar-refractivity contribution in [2.45, 2.75) is 0 Å². The number of carbonyl (C=O) groups is 1. The molecule has 0 saturated heterocycles. The molecule has 104 valence electrons. The van der Waals surface area contributed by atoms with Gasteiger partial charge in [-0.15, -0.1) is 0 Å². The monoisotopic (exact) mass is 276 g/mol. The number of methoxy groups -OCH3 is 2. The van der Waals surface area contributed by atoms with Gasteiger partial charge in [0.15, 0.2) is 0 Å². The van der Waals surface area contributed by atoms with E-state index in [2.05, 4.69) is 9.97 Å². The van der Waals surface area contributed by atoms with Gasteiger partial charge in [0.1, 0.15) is 22.9 Å². The first kappa shape index (κ1) is 13.6. The molecule has 1 heterocycles. The lowest BCUT2D eigenvalue weighted by Crippen LogP contribution is -2.18. The second-order valence-electron chi connectivity index (χ2n) is 3.88. The van der Waals surface area contributed by atoms with E-state index in [-0.39, 0.29) is 5.82 Å². The van der Waals surface area contributed by atoms with Crippen molar-refractivity contribution in [3.63, 3.8) is 0 Å². The zero-order valence-electron chi connectivity index (χ0n) is 10.8. The summed E-state index contributed by atoms with van der Waals surface area (Å²) in [5.74, 6) is -0.0284. The van der Waals surface area contributed by atoms with Crippen molar-refractivity contribution in [3.8, 4) is 22.9 Å². The largest absolute Gasteiger partial charge is 0.497 e. The number of benzene rings is 1. The Morgan fingerprint density at radius 1 is 1.20 bits per heavy atom. The summed E-state index contributed by atoms with van der Waals surface area (Å²) in [6.45, 7) is 0. The highest BCUT2D eigenvalue weighted by Crippen LogP contribution is 2.27. The number of nitrogens with one attached hydrogen (secondary N) is 1. The van der Waals surface area contributed by atoms with E-state index in [9.17, 15) is 9.59 Å². The zero-order chi connectivity index (χ0) is 14.7. The van der Waals surface area contributed by atoms with Gasteiger partial charge in [-0.2, -0.15) is 0 Å². The number of hydrogen-bond donors (Lipinski definition) is 2. The lowest BCUT2D eigenvalue weighted by molar-refractivity contribution is 0.0694. The molecule has 2 N–H and O–H groups in total. The van der Waals surface area contributed by atoms with Crippen LogP contribution in [0.15, 0.2) is 29.2 Å². The Balaban J connectivity index is 2.54. The van der Waals surface area contributed by atoms with Crippen molar-refractivity contribution in [3.05, 3.63) is 40.3 Å². The Hall–Kier alpha value is -2.83. The van der Waals surface area contributed by atoms with Crippen LogP contribution in [0.1, 0.15) is 10.4 Å². The fourth-order valence-electron chi connectivity index (χ4n) is 1.64. The highest BCUT2D eigenvalue weighted by molar-refractivity contribution is 5.86. The van der Waals surface area contributed by atoms with Crippen LogP contribution >= 0.6 is 0 Å². The molecule has 0 aliphatic carbocycles. The van der Waals surface area contributed by atoms with Gasteiger partial charge in [-0.05, 0) is 12.1 Å². The molecule has 2 rings (SSSR count). The minimum atomic E-state index is -1.33. The van der Waals surface area contributed by atoms with E-state index < -0.39 is 17.1 Å². The molecule has 0 fully saturated rings. The molecule has 0 aliphatic rings. The van der Waals surface area contributed by atoms with Crippen LogP contribution in [-0.4, -0.2) is 35.3 Å². The predicted molar refractivity (Wildman–Crippen MR) is 70.4 cm³/mol. The number of carboxylic acid groups (broad SMARTS) is 1. The summed E-state index contributed by atoms with van der Waals surface area (Å²) >= 11 is 0. The number of ether oxygens (including phenoxy) is 2. The van der Waals surface area contributed by atoms with Crippen molar-refractivity contribution >= 4 is 5.97 Å². The number of nitrogens with zero attached hydrogens (tertiary/aromatic N) is 1. The minimum absolute atomic E-state index is 0.234. The molecule has 0 spiro atoms. The average Bonchev–Trinajstić information content (AvgIpc) is 2.46. The van der Waals surface area contributed by atoms with E-state index in [1.807, 2.05) is 0 Å². The van der Waals surface area contributed by atoms with E-state index in [1.54, 1.807) is 18.2 Å². The van der Waals surface area contributed by atoms with Gasteiger partial charge >= 0.3 is 5.97 Å². The van der Waals surface area contributed by atoms with Crippen molar-refractivity contribution in [1.29, 1.82) is 0 Å². The van der Waals surface area contributed by atoms with Gasteiger partial charge in [0, 0.05) is 17.8 Å². The lowest BCUT2D eigenvalue weighted by atomic mass is 10.2. The van der Waals surface area contributed by atoms with Crippen molar-refractivity contribution in [2.75, 3.05) is 14.2 Å². The maximum absolute atomic E-state index is 11.6. The topological polar surface area (TPSA) is 102 Å². The highest BCUT2D eigenvalue weighted by Gasteiger charge is 2.12. The third kappa shape index (κ3) is 2.61. The summed E-state index contributed by atoms with van der Waals surface area (Å²) in [5.41, 5.74) is -0.580. The smallest absolute Gasteiger partial charge is 0.342 e. The normalized spacial score (nSPS) is 10.1. The molecule has 7 nitrogen and oxygen atoms in total. The summed E-state index contributed by atoms with van der Waals surface area (Å²) in [7, 11) is 3.00. The fourth-order valence-corrected chi connectivity index (χ4v) is 1.64. The van der Waals surface area contributed by atoms with Crippen LogP contribution in [0.25, 0.3) is 11.4 Å². The molecular weight excluding hydrogens is 264 g/mol. The second-order valence-corrected chi connectivity index (χ2v) is 3.88. The quantitative estimate of drug-likeness (QED) is 0.868. The summed E-state index contributed by atoms with van der Waals surface area (Å²) in [6, 6.07) is 4.98. The number of aromatic carboxylic acids is 1. The molecular formula is C13H12N2O5. The minimum Gasteiger partial charge on any atom is -0.497 e. The first-order valence-electron chi connectivity index (χ1n) is 5.61. The van der Waals surface area contributed by atoms with Gasteiger partial charge in [0.05, 0.1) is 14.2 Å². The first-order chi connectivity index (χ1) is 9.55. The van der Waals surface area contributed by atoms with Gasteiger partial charge in [0.2, 0.25) is 0 Å². The van der Waals surface area contributed by atoms with Crippen LogP contribution < -0.4 is 15.0 Å². The standard InChI is InChI=1S/C13H12N2O5/c1-19-8-3-7(4-9(5-8)20-2)11-14-6-10(13(17)18)12(16)15-11/h3-6H,1-2H3,(H,17,18)(H,14,15,16). The van der Waals surface area contributed by atoms with Crippen molar-refractivity contribution in [2.24, 2.45) is 0 Å². The summed E-state index contributed by atoms with van der Waals surface area (Å²) in [5, 5.41) is 8.79. The number of aromatic amines is 1. The molecule has 0 aliphatic heterocycles. The molecule has 2 aromatic rings.